The zero-order valence-electron chi connectivity index (χ0n) is 9.55. The summed E-state index contributed by atoms with van der Waals surface area (Å²) in [7, 11) is 0. The summed E-state index contributed by atoms with van der Waals surface area (Å²) in [5, 5.41) is 0. The van der Waals surface area contributed by atoms with E-state index in [1.165, 1.54) is 32.4 Å². The van der Waals surface area contributed by atoms with Crippen molar-refractivity contribution in [3.05, 3.63) is 0 Å². The van der Waals surface area contributed by atoms with E-state index in [-0.39, 0.29) is 0 Å². The zero-order chi connectivity index (χ0) is 10.1. The quantitative estimate of drug-likeness (QED) is 0.630. The van der Waals surface area contributed by atoms with Gasteiger partial charge in [0.25, 0.3) is 0 Å². The summed E-state index contributed by atoms with van der Waals surface area (Å²) in [6.07, 6.45) is 4.98. The lowest BCUT2D eigenvalue weighted by Crippen LogP contribution is -2.36. The molecule has 0 spiro atoms. The summed E-state index contributed by atoms with van der Waals surface area (Å²) in [6, 6.07) is 0.710. The maximum Gasteiger partial charge on any atom is 0.0104 e. The van der Waals surface area contributed by atoms with Gasteiger partial charge in [-0.25, -0.2) is 0 Å². The van der Waals surface area contributed by atoms with Crippen LogP contribution in [0.15, 0.2) is 0 Å². The van der Waals surface area contributed by atoms with Crippen LogP contribution in [0, 0.1) is 0 Å². The molecule has 0 aromatic heterocycles. The smallest absolute Gasteiger partial charge is 0.0104 e. The van der Waals surface area contributed by atoms with Gasteiger partial charge in [-0.2, -0.15) is 0 Å². The minimum atomic E-state index is 0.710. The van der Waals surface area contributed by atoms with Gasteiger partial charge in [0.1, 0.15) is 0 Å². The van der Waals surface area contributed by atoms with E-state index in [9.17, 15) is 0 Å². The summed E-state index contributed by atoms with van der Waals surface area (Å²) >= 11 is 0. The van der Waals surface area contributed by atoms with Crippen LogP contribution in [0.4, 0.5) is 0 Å². The van der Waals surface area contributed by atoms with E-state index in [0.29, 0.717) is 6.04 Å². The fourth-order valence-corrected chi connectivity index (χ4v) is 1.80. The molecule has 2 heteroatoms. The SMILES string of the molecule is CCCCN(CC)C(CC)CCN. The first-order chi connectivity index (χ1) is 6.29. The first-order valence-electron chi connectivity index (χ1n) is 5.74. The molecule has 0 amide bonds. The van der Waals surface area contributed by atoms with Crippen LogP contribution in [0.2, 0.25) is 0 Å². The highest BCUT2D eigenvalue weighted by molar-refractivity contribution is 4.69. The van der Waals surface area contributed by atoms with Crippen LogP contribution >= 0.6 is 0 Å². The van der Waals surface area contributed by atoms with Crippen molar-refractivity contribution in [1.29, 1.82) is 0 Å². The topological polar surface area (TPSA) is 29.3 Å². The Bertz CT molecular complexity index is 104. The molecule has 0 aromatic rings. The second kappa shape index (κ2) is 8.52. The van der Waals surface area contributed by atoms with Crippen LogP contribution in [0.5, 0.6) is 0 Å². The molecule has 0 rings (SSSR count). The van der Waals surface area contributed by atoms with Crippen LogP contribution in [0.25, 0.3) is 0 Å². The minimum Gasteiger partial charge on any atom is -0.330 e. The normalized spacial score (nSPS) is 13.6. The number of nitrogens with zero attached hydrogens (tertiary/aromatic N) is 1. The molecule has 0 aliphatic heterocycles. The van der Waals surface area contributed by atoms with Crippen LogP contribution < -0.4 is 5.73 Å². The Balaban J connectivity index is 3.84. The minimum absolute atomic E-state index is 0.710. The molecule has 0 bridgehead atoms. The molecule has 0 saturated carbocycles. The summed E-state index contributed by atoms with van der Waals surface area (Å²) in [6.45, 7) is 9.98. The maximum absolute atomic E-state index is 5.60. The van der Waals surface area contributed by atoms with Crippen molar-refractivity contribution in [3.8, 4) is 0 Å². The average Bonchev–Trinajstić information content (AvgIpc) is 2.17. The first-order valence-corrected chi connectivity index (χ1v) is 5.74. The van der Waals surface area contributed by atoms with Gasteiger partial charge in [0.15, 0.2) is 0 Å². The summed E-state index contributed by atoms with van der Waals surface area (Å²) in [5.74, 6) is 0. The fourth-order valence-electron chi connectivity index (χ4n) is 1.80. The van der Waals surface area contributed by atoms with Crippen molar-refractivity contribution in [2.24, 2.45) is 5.73 Å². The Morgan fingerprint density at radius 2 is 1.92 bits per heavy atom. The first kappa shape index (κ1) is 12.9. The van der Waals surface area contributed by atoms with Gasteiger partial charge in [0.05, 0.1) is 0 Å². The zero-order valence-corrected chi connectivity index (χ0v) is 9.55. The molecule has 2 N–H and O–H groups in total. The van der Waals surface area contributed by atoms with Crippen LogP contribution in [-0.2, 0) is 0 Å². The Morgan fingerprint density at radius 3 is 2.31 bits per heavy atom. The molecule has 0 fully saturated rings. The number of hydrogen-bond acceptors (Lipinski definition) is 2. The molecule has 0 aliphatic rings. The van der Waals surface area contributed by atoms with E-state index in [0.717, 1.165) is 13.0 Å². The van der Waals surface area contributed by atoms with Crippen molar-refractivity contribution < 1.29 is 0 Å². The van der Waals surface area contributed by atoms with E-state index in [1.54, 1.807) is 0 Å². The van der Waals surface area contributed by atoms with Crippen LogP contribution in [0.3, 0.4) is 0 Å². The molecule has 1 unspecified atom stereocenters. The van der Waals surface area contributed by atoms with Crippen molar-refractivity contribution in [2.75, 3.05) is 19.6 Å². The lowest BCUT2D eigenvalue weighted by atomic mass is 10.1. The van der Waals surface area contributed by atoms with Gasteiger partial charge in [-0.1, -0.05) is 27.2 Å². The molecular formula is C11H26N2. The Morgan fingerprint density at radius 1 is 1.23 bits per heavy atom. The van der Waals surface area contributed by atoms with Gasteiger partial charge in [0, 0.05) is 6.04 Å². The number of rotatable bonds is 8. The van der Waals surface area contributed by atoms with E-state index in [4.69, 9.17) is 5.73 Å². The highest BCUT2D eigenvalue weighted by atomic mass is 15.1. The molecule has 0 aromatic carbocycles. The second-order valence-electron chi connectivity index (χ2n) is 3.62. The largest absolute Gasteiger partial charge is 0.330 e. The van der Waals surface area contributed by atoms with Gasteiger partial charge in [-0.3, -0.25) is 0 Å². The van der Waals surface area contributed by atoms with Crippen molar-refractivity contribution in [1.82, 2.24) is 4.90 Å². The third kappa shape index (κ3) is 5.27. The van der Waals surface area contributed by atoms with Gasteiger partial charge in [0.2, 0.25) is 0 Å². The van der Waals surface area contributed by atoms with E-state index in [1.807, 2.05) is 0 Å². The van der Waals surface area contributed by atoms with E-state index >= 15 is 0 Å². The molecule has 13 heavy (non-hydrogen) atoms. The molecule has 2 nitrogen and oxygen atoms in total. The molecular weight excluding hydrogens is 160 g/mol. The lowest BCUT2D eigenvalue weighted by Gasteiger charge is -2.29. The predicted molar refractivity (Wildman–Crippen MR) is 59.9 cm³/mol. The van der Waals surface area contributed by atoms with Gasteiger partial charge in [-0.15, -0.1) is 0 Å². The van der Waals surface area contributed by atoms with Crippen LogP contribution in [0.1, 0.15) is 46.5 Å². The summed E-state index contributed by atoms with van der Waals surface area (Å²) < 4.78 is 0. The standard InChI is InChI=1S/C11H26N2/c1-4-7-10-13(6-3)11(5-2)8-9-12/h11H,4-10,12H2,1-3H3. The molecule has 0 heterocycles. The third-order valence-corrected chi connectivity index (χ3v) is 2.69. The Kier molecular flexibility index (Phi) is 8.46. The van der Waals surface area contributed by atoms with Crippen molar-refractivity contribution >= 4 is 0 Å². The van der Waals surface area contributed by atoms with Crippen molar-refractivity contribution in [3.63, 3.8) is 0 Å². The Hall–Kier alpha value is -0.0800. The molecule has 0 aliphatic carbocycles. The second-order valence-corrected chi connectivity index (χ2v) is 3.62. The van der Waals surface area contributed by atoms with Gasteiger partial charge >= 0.3 is 0 Å². The molecule has 0 radical (unpaired) electrons. The molecule has 80 valence electrons. The molecule has 0 saturated heterocycles. The third-order valence-electron chi connectivity index (χ3n) is 2.69. The highest BCUT2D eigenvalue weighted by Crippen LogP contribution is 2.08. The maximum atomic E-state index is 5.60. The van der Waals surface area contributed by atoms with Gasteiger partial charge in [-0.05, 0) is 38.9 Å². The highest BCUT2D eigenvalue weighted by Gasteiger charge is 2.12. The van der Waals surface area contributed by atoms with E-state index < -0.39 is 0 Å². The number of nitrogens with two attached hydrogens (primary N) is 1. The number of unbranched alkanes of at least 4 members (excludes halogenated alkanes) is 1. The predicted octanol–water partition coefficient (Wildman–Crippen LogP) is 2.24. The molecule has 1 atom stereocenters. The number of hydrogen-bond donors (Lipinski definition) is 1. The fraction of sp³-hybridized carbons (Fsp3) is 1.00. The van der Waals surface area contributed by atoms with Crippen molar-refractivity contribution in [2.45, 2.75) is 52.5 Å². The van der Waals surface area contributed by atoms with E-state index in [2.05, 4.69) is 25.7 Å². The van der Waals surface area contributed by atoms with Crippen LogP contribution in [-0.4, -0.2) is 30.6 Å². The lowest BCUT2D eigenvalue weighted by molar-refractivity contribution is 0.190. The average molecular weight is 186 g/mol. The Labute approximate surface area is 83.5 Å². The summed E-state index contributed by atoms with van der Waals surface area (Å²) in [4.78, 5) is 2.57. The summed E-state index contributed by atoms with van der Waals surface area (Å²) in [5.41, 5.74) is 5.60. The van der Waals surface area contributed by atoms with Gasteiger partial charge < -0.3 is 10.6 Å². The monoisotopic (exact) mass is 186 g/mol.